The monoisotopic (exact) mass is 188 g/mol. The lowest BCUT2D eigenvalue weighted by molar-refractivity contribution is -0.142. The van der Waals surface area contributed by atoms with Crippen molar-refractivity contribution in [1.29, 1.82) is 0 Å². The Morgan fingerprint density at radius 1 is 1.83 bits per heavy atom. The van der Waals surface area contributed by atoms with Gasteiger partial charge in [-0.15, -0.1) is 0 Å². The predicted octanol–water partition coefficient (Wildman–Crippen LogP) is 0.298. The molecule has 1 heterocycles. The Morgan fingerprint density at radius 3 is 2.92 bits per heavy atom. The van der Waals surface area contributed by atoms with Crippen molar-refractivity contribution in [1.82, 2.24) is 4.90 Å². The van der Waals surface area contributed by atoms with Gasteiger partial charge in [0.25, 0.3) is 0 Å². The molecule has 0 spiro atoms. The maximum Gasteiger partial charge on any atom is 0.241 e. The highest BCUT2D eigenvalue weighted by atomic mass is 32.2. The lowest BCUT2D eigenvalue weighted by Crippen LogP contribution is -2.61. The number of thioether (sulfide) groups is 1. The fourth-order valence-electron chi connectivity index (χ4n) is 1.18. The zero-order chi connectivity index (χ0) is 9.14. The molecule has 0 aromatic rings. The highest BCUT2D eigenvalue weighted by Crippen LogP contribution is 2.14. The average molecular weight is 188 g/mol. The van der Waals surface area contributed by atoms with Gasteiger partial charge in [-0.3, -0.25) is 4.79 Å². The van der Waals surface area contributed by atoms with E-state index in [-0.39, 0.29) is 11.9 Å². The molecular formula is C8H16N2OS. The number of nitrogens with two attached hydrogens (primary N) is 1. The molecule has 0 aromatic carbocycles. The summed E-state index contributed by atoms with van der Waals surface area (Å²) in [5, 5.41) is 0.634. The molecule has 0 saturated carbocycles. The van der Waals surface area contributed by atoms with Gasteiger partial charge in [-0.25, -0.2) is 0 Å². The van der Waals surface area contributed by atoms with Crippen LogP contribution >= 0.6 is 11.8 Å². The second kappa shape index (κ2) is 4.14. The molecule has 1 rings (SSSR count). The van der Waals surface area contributed by atoms with Gasteiger partial charge in [-0.1, -0.05) is 6.92 Å². The van der Waals surface area contributed by atoms with E-state index in [1.54, 1.807) is 0 Å². The topological polar surface area (TPSA) is 46.3 Å². The number of carbonyl (C=O) groups excluding carboxylic acids is 1. The van der Waals surface area contributed by atoms with Crippen LogP contribution in [0.5, 0.6) is 0 Å². The van der Waals surface area contributed by atoms with Crippen molar-refractivity contribution in [2.45, 2.75) is 24.6 Å². The Hall–Kier alpha value is -0.220. The summed E-state index contributed by atoms with van der Waals surface area (Å²) in [6, 6.07) is -0.213. The number of carbonyl (C=O) groups is 1. The Bertz CT molecular complexity index is 174. The molecule has 3 nitrogen and oxygen atoms in total. The van der Waals surface area contributed by atoms with Crippen LogP contribution in [0.25, 0.3) is 0 Å². The summed E-state index contributed by atoms with van der Waals surface area (Å²) in [4.78, 5) is 12.9. The molecule has 0 radical (unpaired) electrons. The molecule has 1 fully saturated rings. The summed E-state index contributed by atoms with van der Waals surface area (Å²) < 4.78 is 0. The molecule has 2 atom stereocenters. The van der Waals surface area contributed by atoms with E-state index in [9.17, 15) is 4.79 Å². The quantitative estimate of drug-likeness (QED) is 0.645. The Morgan fingerprint density at radius 2 is 2.50 bits per heavy atom. The highest BCUT2D eigenvalue weighted by molar-refractivity contribution is 7.99. The molecule has 1 aliphatic rings. The normalized spacial score (nSPS) is 25.4. The second-order valence-electron chi connectivity index (χ2n) is 3.23. The van der Waals surface area contributed by atoms with E-state index in [2.05, 4.69) is 13.2 Å². The zero-order valence-corrected chi connectivity index (χ0v) is 8.43. The lowest BCUT2D eigenvalue weighted by Gasteiger charge is -2.36. The number of likely N-dealkylation sites (tertiary alicyclic amines) is 1. The van der Waals surface area contributed by atoms with Crippen molar-refractivity contribution in [2.24, 2.45) is 5.73 Å². The van der Waals surface area contributed by atoms with Crippen LogP contribution in [0.2, 0.25) is 0 Å². The molecule has 1 aliphatic heterocycles. The third-order valence-electron chi connectivity index (χ3n) is 2.25. The van der Waals surface area contributed by atoms with Gasteiger partial charge < -0.3 is 10.6 Å². The van der Waals surface area contributed by atoms with Crippen molar-refractivity contribution >= 4 is 17.7 Å². The zero-order valence-electron chi connectivity index (χ0n) is 7.62. The third kappa shape index (κ3) is 2.14. The van der Waals surface area contributed by atoms with Gasteiger partial charge >= 0.3 is 0 Å². The van der Waals surface area contributed by atoms with E-state index in [1.807, 2.05) is 16.7 Å². The first-order valence-corrected chi connectivity index (χ1v) is 5.51. The summed E-state index contributed by atoms with van der Waals surface area (Å²) in [7, 11) is 0. The molecule has 1 saturated heterocycles. The molecule has 4 heteroatoms. The van der Waals surface area contributed by atoms with Crippen molar-refractivity contribution in [2.75, 3.05) is 19.3 Å². The SMILES string of the molecule is CSC(C)CCN1CC(N)C1=O. The summed E-state index contributed by atoms with van der Waals surface area (Å²) in [6.07, 6.45) is 3.16. The van der Waals surface area contributed by atoms with Crippen LogP contribution in [-0.2, 0) is 4.79 Å². The predicted molar refractivity (Wildman–Crippen MR) is 52.1 cm³/mol. The van der Waals surface area contributed by atoms with Gasteiger partial charge in [0.05, 0.1) is 0 Å². The van der Waals surface area contributed by atoms with E-state index < -0.39 is 0 Å². The van der Waals surface area contributed by atoms with Gasteiger partial charge in [-0.05, 0) is 12.7 Å². The van der Waals surface area contributed by atoms with Crippen molar-refractivity contribution in [3.63, 3.8) is 0 Å². The summed E-state index contributed by atoms with van der Waals surface area (Å²) in [6.45, 7) is 3.79. The van der Waals surface area contributed by atoms with E-state index in [0.29, 0.717) is 5.25 Å². The van der Waals surface area contributed by atoms with Crippen LogP contribution in [0, 0.1) is 0 Å². The minimum absolute atomic E-state index is 0.114. The molecule has 70 valence electrons. The first-order valence-electron chi connectivity index (χ1n) is 4.22. The molecular weight excluding hydrogens is 172 g/mol. The fourth-order valence-corrected chi connectivity index (χ4v) is 1.53. The Kier molecular flexibility index (Phi) is 3.40. The van der Waals surface area contributed by atoms with Gasteiger partial charge in [0.2, 0.25) is 5.91 Å². The smallest absolute Gasteiger partial charge is 0.241 e. The Labute approximate surface area is 77.7 Å². The van der Waals surface area contributed by atoms with Gasteiger partial charge in [0.15, 0.2) is 0 Å². The van der Waals surface area contributed by atoms with Crippen molar-refractivity contribution < 1.29 is 4.79 Å². The molecule has 0 bridgehead atoms. The minimum Gasteiger partial charge on any atom is -0.339 e. The maximum atomic E-state index is 11.1. The van der Waals surface area contributed by atoms with Gasteiger partial charge in [0, 0.05) is 18.3 Å². The summed E-state index contributed by atoms with van der Waals surface area (Å²) >= 11 is 1.83. The van der Waals surface area contributed by atoms with Crippen LogP contribution in [0.4, 0.5) is 0 Å². The van der Waals surface area contributed by atoms with Crippen LogP contribution in [0.3, 0.4) is 0 Å². The first kappa shape index (κ1) is 9.86. The number of hydrogen-bond acceptors (Lipinski definition) is 3. The van der Waals surface area contributed by atoms with Gasteiger partial charge in [0.1, 0.15) is 6.04 Å². The van der Waals surface area contributed by atoms with Crippen LogP contribution in [0.15, 0.2) is 0 Å². The molecule has 0 aromatic heterocycles. The summed E-state index contributed by atoms with van der Waals surface area (Å²) in [5.74, 6) is 0.114. The number of β-lactam (4-membered cyclic amide) rings is 1. The van der Waals surface area contributed by atoms with Crippen LogP contribution < -0.4 is 5.73 Å². The van der Waals surface area contributed by atoms with E-state index in [0.717, 1.165) is 19.5 Å². The van der Waals surface area contributed by atoms with Crippen molar-refractivity contribution in [3.8, 4) is 0 Å². The lowest BCUT2D eigenvalue weighted by atomic mass is 10.1. The Balaban J connectivity index is 2.13. The number of hydrogen-bond donors (Lipinski definition) is 1. The highest BCUT2D eigenvalue weighted by Gasteiger charge is 2.32. The molecule has 2 N–H and O–H groups in total. The molecule has 0 aliphatic carbocycles. The van der Waals surface area contributed by atoms with E-state index >= 15 is 0 Å². The molecule has 2 unspecified atom stereocenters. The fraction of sp³-hybridized carbons (Fsp3) is 0.875. The van der Waals surface area contributed by atoms with E-state index in [1.165, 1.54) is 0 Å². The first-order chi connectivity index (χ1) is 5.65. The standard InChI is InChI=1S/C8H16N2OS/c1-6(12-2)3-4-10-5-7(9)8(10)11/h6-7H,3-5,9H2,1-2H3. The van der Waals surface area contributed by atoms with Gasteiger partial charge in [-0.2, -0.15) is 11.8 Å². The third-order valence-corrected chi connectivity index (χ3v) is 3.29. The minimum atomic E-state index is -0.213. The van der Waals surface area contributed by atoms with Crippen molar-refractivity contribution in [3.05, 3.63) is 0 Å². The molecule has 1 amide bonds. The maximum absolute atomic E-state index is 11.1. The number of amides is 1. The number of rotatable bonds is 4. The number of nitrogens with zero attached hydrogens (tertiary/aromatic N) is 1. The van der Waals surface area contributed by atoms with Crippen LogP contribution in [0.1, 0.15) is 13.3 Å². The summed E-state index contributed by atoms with van der Waals surface area (Å²) in [5.41, 5.74) is 5.45. The molecule has 12 heavy (non-hydrogen) atoms. The van der Waals surface area contributed by atoms with E-state index in [4.69, 9.17) is 5.73 Å². The largest absolute Gasteiger partial charge is 0.339 e. The van der Waals surface area contributed by atoms with Crippen LogP contribution in [-0.4, -0.2) is 41.4 Å². The second-order valence-corrected chi connectivity index (χ2v) is 4.50. The average Bonchev–Trinajstić information content (AvgIpc) is 2.10.